The maximum atomic E-state index is 4.19. The minimum absolute atomic E-state index is 0.200. The van der Waals surface area contributed by atoms with Crippen LogP contribution in [0.25, 0.3) is 11.3 Å². The van der Waals surface area contributed by atoms with Crippen LogP contribution in [0.15, 0.2) is 36.5 Å². The second-order valence-corrected chi connectivity index (χ2v) is 5.26. The van der Waals surface area contributed by atoms with E-state index in [9.17, 15) is 0 Å². The Hall–Kier alpha value is -1.61. The van der Waals surface area contributed by atoms with Crippen molar-refractivity contribution in [1.29, 1.82) is 0 Å². The molecule has 1 heterocycles. The van der Waals surface area contributed by atoms with E-state index in [4.69, 9.17) is 0 Å². The molecule has 0 aliphatic rings. The lowest BCUT2D eigenvalue weighted by molar-refractivity contribution is 0.329. The molecular weight excluding hydrogens is 234 g/mol. The minimum atomic E-state index is 0.200. The average Bonchev–Trinajstić information content (AvgIpc) is 2.94. The number of nitrogens with zero attached hydrogens (tertiary/aromatic N) is 1. The summed E-state index contributed by atoms with van der Waals surface area (Å²) < 4.78 is 0. The molecule has 0 atom stereocenters. The van der Waals surface area contributed by atoms with Crippen LogP contribution in [0, 0.1) is 0 Å². The number of H-pyrrole nitrogens is 1. The van der Waals surface area contributed by atoms with Gasteiger partial charge < -0.3 is 5.32 Å². The molecule has 2 N–H and O–H groups in total. The lowest BCUT2D eigenvalue weighted by Gasteiger charge is -2.28. The van der Waals surface area contributed by atoms with E-state index in [1.54, 1.807) is 0 Å². The molecule has 0 radical (unpaired) electrons. The Balaban J connectivity index is 2.13. The zero-order valence-electron chi connectivity index (χ0n) is 12.0. The highest BCUT2D eigenvalue weighted by Crippen LogP contribution is 2.22. The smallest absolute Gasteiger partial charge is 0.0695 e. The van der Waals surface area contributed by atoms with E-state index in [0.717, 1.165) is 25.1 Å². The molecule has 3 nitrogen and oxygen atoms in total. The van der Waals surface area contributed by atoms with Crippen molar-refractivity contribution in [3.63, 3.8) is 0 Å². The van der Waals surface area contributed by atoms with E-state index in [2.05, 4.69) is 60.6 Å². The van der Waals surface area contributed by atoms with Crippen LogP contribution in [0.4, 0.5) is 0 Å². The topological polar surface area (TPSA) is 40.7 Å². The molecule has 0 spiro atoms. The number of rotatable bonds is 6. The SMILES string of the molecule is CCC(C)(CC)NCc1cn[nH]c1-c1ccccc1. The van der Waals surface area contributed by atoms with Crippen LogP contribution < -0.4 is 5.32 Å². The Morgan fingerprint density at radius 2 is 1.84 bits per heavy atom. The van der Waals surface area contributed by atoms with Crippen LogP contribution in [-0.2, 0) is 6.54 Å². The van der Waals surface area contributed by atoms with Gasteiger partial charge in [-0.2, -0.15) is 5.10 Å². The molecule has 0 amide bonds. The number of nitrogens with one attached hydrogen (secondary N) is 2. The highest BCUT2D eigenvalue weighted by atomic mass is 15.1. The quantitative estimate of drug-likeness (QED) is 0.827. The summed E-state index contributed by atoms with van der Waals surface area (Å²) in [6, 6.07) is 10.3. The van der Waals surface area contributed by atoms with Gasteiger partial charge in [0.05, 0.1) is 11.9 Å². The fourth-order valence-corrected chi connectivity index (χ4v) is 2.11. The molecule has 0 saturated carbocycles. The normalized spacial score (nSPS) is 11.7. The van der Waals surface area contributed by atoms with Crippen LogP contribution in [0.2, 0.25) is 0 Å². The van der Waals surface area contributed by atoms with Crippen LogP contribution in [0.5, 0.6) is 0 Å². The predicted octanol–water partition coefficient (Wildman–Crippen LogP) is 3.75. The van der Waals surface area contributed by atoms with E-state index in [1.807, 2.05) is 12.3 Å². The maximum absolute atomic E-state index is 4.19. The van der Waals surface area contributed by atoms with E-state index < -0.39 is 0 Å². The molecule has 1 aromatic heterocycles. The summed E-state index contributed by atoms with van der Waals surface area (Å²) in [5.41, 5.74) is 3.72. The zero-order valence-corrected chi connectivity index (χ0v) is 12.0. The summed E-state index contributed by atoms with van der Waals surface area (Å²) in [6.45, 7) is 7.57. The van der Waals surface area contributed by atoms with Crippen LogP contribution in [-0.4, -0.2) is 15.7 Å². The number of aromatic amines is 1. The van der Waals surface area contributed by atoms with Crippen molar-refractivity contribution >= 4 is 0 Å². The van der Waals surface area contributed by atoms with E-state index in [0.29, 0.717) is 0 Å². The van der Waals surface area contributed by atoms with Gasteiger partial charge in [0.15, 0.2) is 0 Å². The molecule has 1 aromatic carbocycles. The average molecular weight is 257 g/mol. The van der Waals surface area contributed by atoms with Gasteiger partial charge in [0.2, 0.25) is 0 Å². The number of aromatic nitrogens is 2. The molecule has 3 heteroatoms. The summed E-state index contributed by atoms with van der Waals surface area (Å²) in [5, 5.41) is 10.9. The number of benzene rings is 1. The van der Waals surface area contributed by atoms with Gasteiger partial charge in [-0.1, -0.05) is 44.2 Å². The lowest BCUT2D eigenvalue weighted by Crippen LogP contribution is -2.40. The molecular formula is C16H23N3. The maximum Gasteiger partial charge on any atom is 0.0695 e. The second kappa shape index (κ2) is 6.02. The molecule has 0 bridgehead atoms. The summed E-state index contributed by atoms with van der Waals surface area (Å²) in [6.07, 6.45) is 4.17. The molecule has 2 rings (SSSR count). The van der Waals surface area contributed by atoms with Gasteiger partial charge in [-0.15, -0.1) is 0 Å². The Morgan fingerprint density at radius 1 is 1.16 bits per heavy atom. The third kappa shape index (κ3) is 3.24. The van der Waals surface area contributed by atoms with Gasteiger partial charge in [-0.25, -0.2) is 0 Å². The molecule has 0 saturated heterocycles. The standard InChI is InChI=1S/C16H23N3/c1-4-16(3,5-2)17-11-14-12-18-19-15(14)13-9-7-6-8-10-13/h6-10,12,17H,4-5,11H2,1-3H3,(H,18,19). The van der Waals surface area contributed by atoms with Crippen molar-refractivity contribution < 1.29 is 0 Å². The number of hydrogen-bond acceptors (Lipinski definition) is 2. The van der Waals surface area contributed by atoms with Crippen LogP contribution in [0.3, 0.4) is 0 Å². The zero-order chi connectivity index (χ0) is 13.7. The minimum Gasteiger partial charge on any atom is -0.307 e. The Bertz CT molecular complexity index is 498. The van der Waals surface area contributed by atoms with Crippen LogP contribution in [0.1, 0.15) is 39.2 Å². The van der Waals surface area contributed by atoms with Crippen molar-refractivity contribution in [3.05, 3.63) is 42.1 Å². The first-order chi connectivity index (χ1) is 9.18. The summed E-state index contributed by atoms with van der Waals surface area (Å²) in [4.78, 5) is 0. The largest absolute Gasteiger partial charge is 0.307 e. The summed E-state index contributed by atoms with van der Waals surface area (Å²) >= 11 is 0. The monoisotopic (exact) mass is 257 g/mol. The van der Waals surface area contributed by atoms with Crippen LogP contribution >= 0.6 is 0 Å². The van der Waals surface area contributed by atoms with E-state index in [1.165, 1.54) is 11.1 Å². The second-order valence-electron chi connectivity index (χ2n) is 5.26. The third-order valence-corrected chi connectivity index (χ3v) is 4.05. The van der Waals surface area contributed by atoms with Gasteiger partial charge in [-0.3, -0.25) is 5.10 Å². The van der Waals surface area contributed by atoms with Gasteiger partial charge >= 0.3 is 0 Å². The molecule has 0 fully saturated rings. The fourth-order valence-electron chi connectivity index (χ4n) is 2.11. The van der Waals surface area contributed by atoms with Gasteiger partial charge in [0, 0.05) is 17.6 Å². The van der Waals surface area contributed by atoms with Crippen molar-refractivity contribution in [2.45, 2.75) is 45.7 Å². The molecule has 19 heavy (non-hydrogen) atoms. The first-order valence-corrected chi connectivity index (χ1v) is 7.01. The predicted molar refractivity (Wildman–Crippen MR) is 79.9 cm³/mol. The first kappa shape index (κ1) is 13.8. The molecule has 0 unspecified atom stereocenters. The molecule has 0 aliphatic heterocycles. The molecule has 102 valence electrons. The Kier molecular flexibility index (Phi) is 4.38. The third-order valence-electron chi connectivity index (χ3n) is 4.05. The molecule has 2 aromatic rings. The highest BCUT2D eigenvalue weighted by molar-refractivity contribution is 5.62. The van der Waals surface area contributed by atoms with Crippen molar-refractivity contribution in [2.24, 2.45) is 0 Å². The van der Waals surface area contributed by atoms with E-state index >= 15 is 0 Å². The number of hydrogen-bond donors (Lipinski definition) is 2. The highest BCUT2D eigenvalue weighted by Gasteiger charge is 2.19. The van der Waals surface area contributed by atoms with Gasteiger partial charge in [0.1, 0.15) is 0 Å². The Labute approximate surface area is 115 Å². The fraction of sp³-hybridized carbons (Fsp3) is 0.438. The van der Waals surface area contributed by atoms with Gasteiger partial charge in [-0.05, 0) is 25.3 Å². The van der Waals surface area contributed by atoms with Crippen molar-refractivity contribution in [3.8, 4) is 11.3 Å². The summed E-state index contributed by atoms with van der Waals surface area (Å²) in [5.74, 6) is 0. The summed E-state index contributed by atoms with van der Waals surface area (Å²) in [7, 11) is 0. The van der Waals surface area contributed by atoms with Gasteiger partial charge in [0.25, 0.3) is 0 Å². The first-order valence-electron chi connectivity index (χ1n) is 7.01. The van der Waals surface area contributed by atoms with Crippen molar-refractivity contribution in [2.75, 3.05) is 0 Å². The Morgan fingerprint density at radius 3 is 2.47 bits per heavy atom. The lowest BCUT2D eigenvalue weighted by atomic mass is 9.95. The molecule has 0 aliphatic carbocycles. The van der Waals surface area contributed by atoms with Crippen molar-refractivity contribution in [1.82, 2.24) is 15.5 Å². The van der Waals surface area contributed by atoms with E-state index in [-0.39, 0.29) is 5.54 Å².